The van der Waals surface area contributed by atoms with Gasteiger partial charge in [-0.05, 0) is 54.5 Å². The predicted octanol–water partition coefficient (Wildman–Crippen LogP) is 4.23. The van der Waals surface area contributed by atoms with Gasteiger partial charge >= 0.3 is 0 Å². The van der Waals surface area contributed by atoms with Crippen molar-refractivity contribution in [1.29, 1.82) is 0 Å². The van der Waals surface area contributed by atoms with Crippen LogP contribution in [0.1, 0.15) is 36.1 Å². The van der Waals surface area contributed by atoms with Crippen LogP contribution in [0, 0.1) is 5.92 Å². The van der Waals surface area contributed by atoms with Crippen LogP contribution in [0.25, 0.3) is 11.4 Å². The van der Waals surface area contributed by atoms with E-state index in [2.05, 4.69) is 33.8 Å². The second kappa shape index (κ2) is 8.56. The average molecular weight is 419 g/mol. The van der Waals surface area contributed by atoms with Crippen LogP contribution < -0.4 is 10.2 Å². The van der Waals surface area contributed by atoms with E-state index in [1.54, 1.807) is 11.3 Å². The Labute approximate surface area is 181 Å². The lowest BCUT2D eigenvalue weighted by atomic mass is 9.96. The molecule has 2 aliphatic rings. The first-order chi connectivity index (χ1) is 14.8. The molecule has 1 aliphatic carbocycles. The summed E-state index contributed by atoms with van der Waals surface area (Å²) in [4.78, 5) is 25.0. The van der Waals surface area contributed by atoms with Gasteiger partial charge in [-0.1, -0.05) is 30.3 Å². The van der Waals surface area contributed by atoms with Crippen molar-refractivity contribution in [2.24, 2.45) is 5.92 Å². The van der Waals surface area contributed by atoms with Gasteiger partial charge in [0.2, 0.25) is 5.91 Å². The minimum atomic E-state index is 0.00424. The number of benzene rings is 1. The predicted molar refractivity (Wildman–Crippen MR) is 121 cm³/mol. The summed E-state index contributed by atoms with van der Waals surface area (Å²) in [7, 11) is 0. The zero-order valence-electron chi connectivity index (χ0n) is 17.0. The molecule has 0 spiro atoms. The van der Waals surface area contributed by atoms with Crippen LogP contribution in [0.15, 0.2) is 47.2 Å². The number of rotatable bonds is 5. The van der Waals surface area contributed by atoms with Crippen LogP contribution >= 0.6 is 11.3 Å². The Hall–Kier alpha value is -2.73. The third kappa shape index (κ3) is 3.97. The molecule has 154 valence electrons. The number of carbonyl (C=O) groups excluding carboxylic acids is 1. The number of nitrogens with one attached hydrogen (secondary N) is 1. The molecule has 1 aromatic carbocycles. The van der Waals surface area contributed by atoms with Crippen molar-refractivity contribution in [3.63, 3.8) is 0 Å². The lowest BCUT2D eigenvalue weighted by Gasteiger charge is -2.34. The van der Waals surface area contributed by atoms with Crippen LogP contribution in [0.4, 0.5) is 5.82 Å². The molecular formula is C24H26N4OS. The van der Waals surface area contributed by atoms with Gasteiger partial charge in [0.05, 0.1) is 5.92 Å². The summed E-state index contributed by atoms with van der Waals surface area (Å²) in [5.41, 5.74) is 4.69. The highest BCUT2D eigenvalue weighted by atomic mass is 32.1. The monoisotopic (exact) mass is 418 g/mol. The summed E-state index contributed by atoms with van der Waals surface area (Å²) in [5.74, 6) is 2.01. The molecular weight excluding hydrogens is 392 g/mol. The van der Waals surface area contributed by atoms with Crippen LogP contribution in [0.3, 0.4) is 0 Å². The quantitative estimate of drug-likeness (QED) is 0.674. The van der Waals surface area contributed by atoms with Gasteiger partial charge < -0.3 is 10.2 Å². The second-order valence-corrected chi connectivity index (χ2v) is 8.93. The summed E-state index contributed by atoms with van der Waals surface area (Å²) in [6.45, 7) is 2.29. The number of thiophene rings is 1. The normalized spacial score (nSPS) is 18.3. The number of aryl methyl sites for hydroxylation is 1. The highest BCUT2D eigenvalue weighted by Gasteiger charge is 2.30. The van der Waals surface area contributed by atoms with Crippen molar-refractivity contribution in [3.8, 4) is 11.4 Å². The summed E-state index contributed by atoms with van der Waals surface area (Å²) in [5, 5.41) is 7.26. The summed E-state index contributed by atoms with van der Waals surface area (Å²) in [6, 6.07) is 12.3. The third-order valence-electron chi connectivity index (χ3n) is 6.08. The number of anilines is 1. The summed E-state index contributed by atoms with van der Waals surface area (Å²) >= 11 is 1.66. The molecule has 2 aromatic heterocycles. The standard InChI is InChI=1S/C24H26N4OS/c29-24(25-14-17-11-13-30-16-17)19-8-5-12-28(15-19)23-20-9-4-10-21(20)26-22(27-23)18-6-2-1-3-7-18/h1-3,6-7,11,13,16,19H,4-5,8-10,12,14-15H2,(H,25,29)/t19-/m0/s1. The number of hydrogen-bond acceptors (Lipinski definition) is 5. The van der Waals surface area contributed by atoms with E-state index in [4.69, 9.17) is 9.97 Å². The van der Waals surface area contributed by atoms with E-state index in [0.29, 0.717) is 6.54 Å². The zero-order valence-corrected chi connectivity index (χ0v) is 17.8. The first-order valence-corrected chi connectivity index (χ1v) is 11.7. The van der Waals surface area contributed by atoms with Crippen molar-refractivity contribution < 1.29 is 4.79 Å². The second-order valence-electron chi connectivity index (χ2n) is 8.15. The number of nitrogens with zero attached hydrogens (tertiary/aromatic N) is 3. The lowest BCUT2D eigenvalue weighted by molar-refractivity contribution is -0.125. The van der Waals surface area contributed by atoms with Crippen molar-refractivity contribution in [1.82, 2.24) is 15.3 Å². The van der Waals surface area contributed by atoms with Crippen LogP contribution in [-0.4, -0.2) is 29.0 Å². The zero-order chi connectivity index (χ0) is 20.3. The minimum absolute atomic E-state index is 0.00424. The average Bonchev–Trinajstić information content (AvgIpc) is 3.49. The van der Waals surface area contributed by atoms with E-state index in [1.165, 1.54) is 16.8 Å². The van der Waals surface area contributed by atoms with E-state index in [-0.39, 0.29) is 11.8 Å². The number of fused-ring (bicyclic) bond motifs is 1. The van der Waals surface area contributed by atoms with Gasteiger partial charge in [0, 0.05) is 36.5 Å². The van der Waals surface area contributed by atoms with E-state index in [0.717, 1.165) is 62.4 Å². The topological polar surface area (TPSA) is 58.1 Å². The van der Waals surface area contributed by atoms with E-state index >= 15 is 0 Å². The van der Waals surface area contributed by atoms with E-state index in [1.807, 2.05) is 23.6 Å². The first-order valence-electron chi connectivity index (χ1n) is 10.8. The Morgan fingerprint density at radius 3 is 2.87 bits per heavy atom. The Morgan fingerprint density at radius 1 is 1.13 bits per heavy atom. The summed E-state index contributed by atoms with van der Waals surface area (Å²) < 4.78 is 0. The molecule has 1 N–H and O–H groups in total. The van der Waals surface area contributed by atoms with Gasteiger partial charge in [-0.15, -0.1) is 0 Å². The van der Waals surface area contributed by atoms with Crippen molar-refractivity contribution >= 4 is 23.1 Å². The maximum absolute atomic E-state index is 12.8. The molecule has 1 saturated heterocycles. The fraction of sp³-hybridized carbons (Fsp3) is 0.375. The number of piperidine rings is 1. The maximum atomic E-state index is 12.8. The largest absolute Gasteiger partial charge is 0.355 e. The fourth-order valence-corrected chi connectivity index (χ4v) is 5.17. The van der Waals surface area contributed by atoms with Crippen LogP contribution in [-0.2, 0) is 24.2 Å². The van der Waals surface area contributed by atoms with Gasteiger partial charge in [-0.3, -0.25) is 4.79 Å². The summed E-state index contributed by atoms with van der Waals surface area (Å²) in [6.07, 6.45) is 5.13. The molecule has 5 rings (SSSR count). The minimum Gasteiger partial charge on any atom is -0.355 e. The Balaban J connectivity index is 1.37. The molecule has 1 aliphatic heterocycles. The molecule has 3 heterocycles. The maximum Gasteiger partial charge on any atom is 0.225 e. The number of aromatic nitrogens is 2. The molecule has 1 atom stereocenters. The molecule has 6 heteroatoms. The molecule has 5 nitrogen and oxygen atoms in total. The van der Waals surface area contributed by atoms with E-state index in [9.17, 15) is 4.79 Å². The molecule has 3 aromatic rings. The molecule has 30 heavy (non-hydrogen) atoms. The molecule has 1 fully saturated rings. The molecule has 0 saturated carbocycles. The molecule has 0 unspecified atom stereocenters. The third-order valence-corrected chi connectivity index (χ3v) is 6.81. The highest BCUT2D eigenvalue weighted by molar-refractivity contribution is 7.07. The Bertz CT molecular complexity index is 1020. The number of hydrogen-bond donors (Lipinski definition) is 1. The molecule has 1 amide bonds. The van der Waals surface area contributed by atoms with Crippen molar-refractivity contribution in [2.75, 3.05) is 18.0 Å². The highest BCUT2D eigenvalue weighted by Crippen LogP contribution is 2.33. The SMILES string of the molecule is O=C(NCc1ccsc1)[C@H]1CCCN(c2nc(-c3ccccc3)nc3c2CCC3)C1. The van der Waals surface area contributed by atoms with Gasteiger partial charge in [0.25, 0.3) is 0 Å². The van der Waals surface area contributed by atoms with Crippen molar-refractivity contribution in [3.05, 3.63) is 64.0 Å². The van der Waals surface area contributed by atoms with Crippen LogP contribution in [0.2, 0.25) is 0 Å². The van der Waals surface area contributed by atoms with E-state index < -0.39 is 0 Å². The van der Waals surface area contributed by atoms with Gasteiger partial charge in [0.1, 0.15) is 5.82 Å². The lowest BCUT2D eigenvalue weighted by Crippen LogP contribution is -2.43. The number of carbonyl (C=O) groups is 1. The van der Waals surface area contributed by atoms with Gasteiger partial charge in [-0.25, -0.2) is 9.97 Å². The van der Waals surface area contributed by atoms with Gasteiger partial charge in [0.15, 0.2) is 5.82 Å². The van der Waals surface area contributed by atoms with Crippen LogP contribution in [0.5, 0.6) is 0 Å². The molecule has 0 radical (unpaired) electrons. The fourth-order valence-electron chi connectivity index (χ4n) is 4.50. The Morgan fingerprint density at radius 2 is 2.03 bits per heavy atom. The van der Waals surface area contributed by atoms with Gasteiger partial charge in [-0.2, -0.15) is 11.3 Å². The first kappa shape index (κ1) is 19.2. The Kier molecular flexibility index (Phi) is 5.49. The smallest absolute Gasteiger partial charge is 0.225 e. The van der Waals surface area contributed by atoms with Crippen molar-refractivity contribution in [2.45, 2.75) is 38.6 Å². The number of amides is 1. The molecule has 0 bridgehead atoms.